The number of piperidine rings is 1. The lowest BCUT2D eigenvalue weighted by Crippen LogP contribution is -2.52. The van der Waals surface area contributed by atoms with Crippen molar-refractivity contribution in [3.63, 3.8) is 0 Å². The molecule has 0 saturated carbocycles. The summed E-state index contributed by atoms with van der Waals surface area (Å²) < 4.78 is 5.28. The lowest BCUT2D eigenvalue weighted by atomic mass is 10.1. The number of nitrogens with one attached hydrogen (secondary N) is 2. The van der Waals surface area contributed by atoms with Gasteiger partial charge in [-0.3, -0.25) is 9.59 Å². The smallest absolute Gasteiger partial charge is 0.258 e. The van der Waals surface area contributed by atoms with E-state index in [1.54, 1.807) is 23.1 Å². The first kappa shape index (κ1) is 18.0. The van der Waals surface area contributed by atoms with E-state index in [-0.39, 0.29) is 17.9 Å². The molecule has 2 aliphatic rings. The minimum Gasteiger partial charge on any atom is -0.496 e. The molecule has 0 spiro atoms. The fourth-order valence-electron chi connectivity index (χ4n) is 3.56. The maximum atomic E-state index is 13.0. The van der Waals surface area contributed by atoms with Crippen molar-refractivity contribution in [2.45, 2.75) is 37.8 Å². The number of methoxy groups -OCH3 is 1. The SMILES string of the molecule is COc1ccc(Cl)cc1C(=O)N1CCCC1C(=O)N[C@H]1CCCNC1. The zero-order valence-electron chi connectivity index (χ0n) is 14.4. The van der Waals surface area contributed by atoms with Crippen LogP contribution in [0.3, 0.4) is 0 Å². The lowest BCUT2D eigenvalue weighted by molar-refractivity contribution is -0.125. The Morgan fingerprint density at radius 3 is 2.88 bits per heavy atom. The van der Waals surface area contributed by atoms with Gasteiger partial charge in [-0.15, -0.1) is 0 Å². The molecule has 2 aliphatic heterocycles. The monoisotopic (exact) mass is 365 g/mol. The third-order valence-electron chi connectivity index (χ3n) is 4.85. The van der Waals surface area contributed by atoms with Gasteiger partial charge < -0.3 is 20.3 Å². The second-order valence-corrected chi connectivity index (χ2v) is 6.99. The Morgan fingerprint density at radius 1 is 1.32 bits per heavy atom. The molecule has 0 radical (unpaired) electrons. The average molecular weight is 366 g/mol. The van der Waals surface area contributed by atoms with Gasteiger partial charge in [-0.1, -0.05) is 11.6 Å². The summed E-state index contributed by atoms with van der Waals surface area (Å²) in [5, 5.41) is 6.84. The first-order chi connectivity index (χ1) is 12.1. The summed E-state index contributed by atoms with van der Waals surface area (Å²) >= 11 is 6.04. The number of rotatable bonds is 4. The summed E-state index contributed by atoms with van der Waals surface area (Å²) in [5.41, 5.74) is 0.397. The van der Waals surface area contributed by atoms with Crippen LogP contribution in [-0.2, 0) is 4.79 Å². The highest BCUT2D eigenvalue weighted by atomic mass is 35.5. The third-order valence-corrected chi connectivity index (χ3v) is 5.09. The van der Waals surface area contributed by atoms with Crippen LogP contribution in [0.2, 0.25) is 5.02 Å². The van der Waals surface area contributed by atoms with Crippen LogP contribution in [-0.4, -0.2) is 55.5 Å². The van der Waals surface area contributed by atoms with Gasteiger partial charge in [-0.2, -0.15) is 0 Å². The van der Waals surface area contributed by atoms with E-state index in [1.807, 2.05) is 0 Å². The minimum atomic E-state index is -0.432. The van der Waals surface area contributed by atoms with Crippen molar-refractivity contribution >= 4 is 23.4 Å². The quantitative estimate of drug-likeness (QED) is 0.853. The van der Waals surface area contributed by atoms with Crippen molar-refractivity contribution in [2.75, 3.05) is 26.7 Å². The highest BCUT2D eigenvalue weighted by molar-refractivity contribution is 6.31. The summed E-state index contributed by atoms with van der Waals surface area (Å²) in [6, 6.07) is 4.66. The Hall–Kier alpha value is -1.79. The molecule has 2 N–H and O–H groups in total. The molecule has 0 bridgehead atoms. The van der Waals surface area contributed by atoms with Gasteiger partial charge in [0.05, 0.1) is 12.7 Å². The van der Waals surface area contributed by atoms with E-state index in [2.05, 4.69) is 10.6 Å². The van der Waals surface area contributed by atoms with E-state index in [0.29, 0.717) is 29.3 Å². The van der Waals surface area contributed by atoms with Crippen LogP contribution in [0, 0.1) is 0 Å². The summed E-state index contributed by atoms with van der Waals surface area (Å²) in [6.07, 6.45) is 3.52. The first-order valence-corrected chi connectivity index (χ1v) is 9.13. The highest BCUT2D eigenvalue weighted by Gasteiger charge is 2.36. The van der Waals surface area contributed by atoms with Crippen molar-refractivity contribution in [2.24, 2.45) is 0 Å². The molecule has 2 heterocycles. The fourth-order valence-corrected chi connectivity index (χ4v) is 3.73. The van der Waals surface area contributed by atoms with Gasteiger partial charge in [0.25, 0.3) is 5.91 Å². The van der Waals surface area contributed by atoms with E-state index in [4.69, 9.17) is 16.3 Å². The molecular weight excluding hydrogens is 342 g/mol. The lowest BCUT2D eigenvalue weighted by Gasteiger charge is -2.29. The summed E-state index contributed by atoms with van der Waals surface area (Å²) in [6.45, 7) is 2.35. The van der Waals surface area contributed by atoms with Crippen LogP contribution >= 0.6 is 11.6 Å². The van der Waals surface area contributed by atoms with Gasteiger partial charge in [0.15, 0.2) is 0 Å². The van der Waals surface area contributed by atoms with Gasteiger partial charge in [0.2, 0.25) is 5.91 Å². The molecule has 1 aromatic rings. The number of amides is 2. The van der Waals surface area contributed by atoms with Crippen LogP contribution in [0.1, 0.15) is 36.0 Å². The van der Waals surface area contributed by atoms with Crippen molar-refractivity contribution in [1.82, 2.24) is 15.5 Å². The molecule has 25 heavy (non-hydrogen) atoms. The predicted molar refractivity (Wildman–Crippen MR) is 96.1 cm³/mol. The minimum absolute atomic E-state index is 0.0689. The van der Waals surface area contributed by atoms with Crippen molar-refractivity contribution < 1.29 is 14.3 Å². The first-order valence-electron chi connectivity index (χ1n) is 8.75. The average Bonchev–Trinajstić information content (AvgIpc) is 3.12. The van der Waals surface area contributed by atoms with Crippen LogP contribution in [0.4, 0.5) is 0 Å². The predicted octanol–water partition coefficient (Wildman–Crippen LogP) is 1.82. The van der Waals surface area contributed by atoms with Crippen molar-refractivity contribution in [3.05, 3.63) is 28.8 Å². The molecule has 3 rings (SSSR count). The Bertz CT molecular complexity index is 646. The second-order valence-electron chi connectivity index (χ2n) is 6.55. The molecule has 6 nitrogen and oxygen atoms in total. The highest BCUT2D eigenvalue weighted by Crippen LogP contribution is 2.27. The molecule has 2 atom stereocenters. The number of hydrogen-bond donors (Lipinski definition) is 2. The molecule has 2 fully saturated rings. The molecule has 0 aliphatic carbocycles. The van der Waals surface area contributed by atoms with E-state index in [0.717, 1.165) is 32.4 Å². The van der Waals surface area contributed by atoms with E-state index >= 15 is 0 Å². The van der Waals surface area contributed by atoms with E-state index in [1.165, 1.54) is 7.11 Å². The van der Waals surface area contributed by atoms with Gasteiger partial charge in [-0.05, 0) is 50.4 Å². The topological polar surface area (TPSA) is 70.7 Å². The third kappa shape index (κ3) is 4.07. The second kappa shape index (κ2) is 8.06. The number of benzene rings is 1. The number of hydrogen-bond acceptors (Lipinski definition) is 4. The largest absolute Gasteiger partial charge is 0.496 e. The number of carbonyl (C=O) groups is 2. The number of likely N-dealkylation sites (tertiary alicyclic amines) is 1. The fraction of sp³-hybridized carbons (Fsp3) is 0.556. The molecular formula is C18H24ClN3O3. The van der Waals surface area contributed by atoms with Crippen LogP contribution in [0.25, 0.3) is 0 Å². The van der Waals surface area contributed by atoms with Gasteiger partial charge in [0, 0.05) is 24.2 Å². The molecule has 1 unspecified atom stereocenters. The van der Waals surface area contributed by atoms with Gasteiger partial charge >= 0.3 is 0 Å². The maximum Gasteiger partial charge on any atom is 0.258 e. The zero-order chi connectivity index (χ0) is 17.8. The molecule has 0 aromatic heterocycles. The standard InChI is InChI=1S/C18H24ClN3O3/c1-25-16-7-6-12(19)10-14(16)18(24)22-9-3-5-15(22)17(23)21-13-4-2-8-20-11-13/h6-7,10,13,15,20H,2-5,8-9,11H2,1H3,(H,21,23)/t13-,15?/m0/s1. The molecule has 7 heteroatoms. The van der Waals surface area contributed by atoms with E-state index < -0.39 is 6.04 Å². The summed E-state index contributed by atoms with van der Waals surface area (Å²) in [5.74, 6) is 0.191. The number of halogens is 1. The Balaban J connectivity index is 1.73. The molecule has 2 saturated heterocycles. The van der Waals surface area contributed by atoms with Crippen LogP contribution in [0.5, 0.6) is 5.75 Å². The Labute approximate surface area is 152 Å². The van der Waals surface area contributed by atoms with Gasteiger partial charge in [-0.25, -0.2) is 0 Å². The normalized spacial score (nSPS) is 23.4. The number of ether oxygens (including phenoxy) is 1. The summed E-state index contributed by atoms with van der Waals surface area (Å²) in [7, 11) is 1.52. The summed E-state index contributed by atoms with van der Waals surface area (Å²) in [4.78, 5) is 27.3. The number of nitrogens with zero attached hydrogens (tertiary/aromatic N) is 1. The Kier molecular flexibility index (Phi) is 5.81. The zero-order valence-corrected chi connectivity index (χ0v) is 15.1. The molecule has 2 amide bonds. The molecule has 136 valence electrons. The van der Waals surface area contributed by atoms with Crippen LogP contribution in [0.15, 0.2) is 18.2 Å². The van der Waals surface area contributed by atoms with E-state index in [9.17, 15) is 9.59 Å². The van der Waals surface area contributed by atoms with Crippen molar-refractivity contribution in [1.29, 1.82) is 0 Å². The maximum absolute atomic E-state index is 13.0. The number of carbonyl (C=O) groups excluding carboxylic acids is 2. The van der Waals surface area contributed by atoms with Crippen molar-refractivity contribution in [3.8, 4) is 5.75 Å². The Morgan fingerprint density at radius 2 is 2.16 bits per heavy atom. The molecule has 1 aromatic carbocycles. The van der Waals surface area contributed by atoms with Crippen LogP contribution < -0.4 is 15.4 Å². The van der Waals surface area contributed by atoms with Gasteiger partial charge in [0.1, 0.15) is 11.8 Å².